The molecule has 0 radical (unpaired) electrons. The van der Waals surface area contributed by atoms with Crippen LogP contribution in [0.25, 0.3) is 0 Å². The lowest BCUT2D eigenvalue weighted by atomic mass is 9.81. The Morgan fingerprint density at radius 1 is 1.05 bits per heavy atom. The maximum atomic E-state index is 12.5. The van der Waals surface area contributed by atoms with Crippen LogP contribution in [-0.2, 0) is 4.79 Å². The topological polar surface area (TPSA) is 49.3 Å². The Balaban J connectivity index is 2.14. The van der Waals surface area contributed by atoms with Crippen LogP contribution in [0.2, 0.25) is 0 Å². The minimum absolute atomic E-state index is 0.206. The number of aliphatic hydroxyl groups is 1. The molecule has 2 aromatic carbocycles. The fourth-order valence-corrected chi connectivity index (χ4v) is 2.11. The average molecular weight is 283 g/mol. The summed E-state index contributed by atoms with van der Waals surface area (Å²) in [5.74, 6) is -0.206. The molecule has 0 saturated carbocycles. The molecular weight excluding hydrogens is 262 g/mol. The van der Waals surface area contributed by atoms with E-state index >= 15 is 0 Å². The standard InChI is InChI=1S/C18H21NO2/c1-13-9-11-15(12-10-13)19-17(21)18(2,3)16(20)14-7-5-4-6-8-14/h4-12,16,20H,1-3H3,(H,19,21)/t16-/m1/s1. The van der Waals surface area contributed by atoms with Gasteiger partial charge in [-0.2, -0.15) is 0 Å². The summed E-state index contributed by atoms with van der Waals surface area (Å²) in [5, 5.41) is 13.3. The third-order valence-electron chi connectivity index (χ3n) is 3.69. The van der Waals surface area contributed by atoms with E-state index in [0.717, 1.165) is 16.8 Å². The van der Waals surface area contributed by atoms with E-state index < -0.39 is 11.5 Å². The molecule has 2 N–H and O–H groups in total. The SMILES string of the molecule is Cc1ccc(NC(=O)C(C)(C)[C@H](O)c2ccccc2)cc1. The molecule has 0 aliphatic heterocycles. The van der Waals surface area contributed by atoms with E-state index in [0.29, 0.717) is 0 Å². The fraction of sp³-hybridized carbons (Fsp3) is 0.278. The van der Waals surface area contributed by atoms with Crippen LogP contribution in [0.1, 0.15) is 31.1 Å². The van der Waals surface area contributed by atoms with Gasteiger partial charge in [-0.15, -0.1) is 0 Å². The molecular formula is C18H21NO2. The second-order valence-electron chi connectivity index (χ2n) is 5.86. The summed E-state index contributed by atoms with van der Waals surface area (Å²) in [7, 11) is 0. The molecule has 0 heterocycles. The van der Waals surface area contributed by atoms with Crippen LogP contribution in [0, 0.1) is 12.3 Å². The highest BCUT2D eigenvalue weighted by Gasteiger charge is 2.36. The summed E-state index contributed by atoms with van der Waals surface area (Å²) in [5.41, 5.74) is 1.68. The van der Waals surface area contributed by atoms with Crippen LogP contribution in [0.4, 0.5) is 5.69 Å². The number of hydrogen-bond acceptors (Lipinski definition) is 2. The maximum Gasteiger partial charge on any atom is 0.233 e. The monoisotopic (exact) mass is 283 g/mol. The molecule has 3 nitrogen and oxygen atoms in total. The van der Waals surface area contributed by atoms with Crippen LogP contribution >= 0.6 is 0 Å². The first kappa shape index (κ1) is 15.3. The molecule has 0 saturated heterocycles. The second-order valence-corrected chi connectivity index (χ2v) is 5.86. The Bertz CT molecular complexity index is 603. The van der Waals surface area contributed by atoms with Gasteiger partial charge in [0.25, 0.3) is 0 Å². The van der Waals surface area contributed by atoms with Crippen molar-refractivity contribution in [2.45, 2.75) is 26.9 Å². The molecule has 2 rings (SSSR count). The Morgan fingerprint density at radius 2 is 1.62 bits per heavy atom. The van der Waals surface area contributed by atoms with Gasteiger partial charge in [0.15, 0.2) is 0 Å². The summed E-state index contributed by atoms with van der Waals surface area (Å²) < 4.78 is 0. The molecule has 0 spiro atoms. The average Bonchev–Trinajstić information content (AvgIpc) is 2.49. The first-order valence-electron chi connectivity index (χ1n) is 7.02. The minimum Gasteiger partial charge on any atom is -0.387 e. The second kappa shape index (κ2) is 6.10. The van der Waals surface area contributed by atoms with Crippen molar-refractivity contribution in [3.05, 3.63) is 65.7 Å². The van der Waals surface area contributed by atoms with E-state index in [1.165, 1.54) is 0 Å². The molecule has 0 aliphatic rings. The molecule has 0 unspecified atom stereocenters. The normalized spacial score (nSPS) is 12.8. The molecule has 3 heteroatoms. The molecule has 110 valence electrons. The van der Waals surface area contributed by atoms with Gasteiger partial charge in [0.1, 0.15) is 0 Å². The van der Waals surface area contributed by atoms with Crippen LogP contribution in [0.5, 0.6) is 0 Å². The Morgan fingerprint density at radius 3 is 2.19 bits per heavy atom. The van der Waals surface area contributed by atoms with Gasteiger partial charge in [-0.1, -0.05) is 48.0 Å². The Kier molecular flexibility index (Phi) is 4.43. The molecule has 2 aromatic rings. The number of carbonyl (C=O) groups excluding carboxylic acids is 1. The predicted octanol–water partition coefficient (Wildman–Crippen LogP) is 3.69. The zero-order chi connectivity index (χ0) is 15.5. The van der Waals surface area contributed by atoms with E-state index in [9.17, 15) is 9.90 Å². The molecule has 0 fully saturated rings. The third-order valence-corrected chi connectivity index (χ3v) is 3.69. The van der Waals surface area contributed by atoms with Crippen molar-refractivity contribution >= 4 is 11.6 Å². The minimum atomic E-state index is -0.924. The van der Waals surface area contributed by atoms with Crippen molar-refractivity contribution in [3.63, 3.8) is 0 Å². The van der Waals surface area contributed by atoms with Crippen LogP contribution in [0.3, 0.4) is 0 Å². The summed E-state index contributed by atoms with van der Waals surface area (Å²) in [4.78, 5) is 12.5. The molecule has 1 atom stereocenters. The molecule has 0 aromatic heterocycles. The quantitative estimate of drug-likeness (QED) is 0.899. The number of rotatable bonds is 4. The van der Waals surface area contributed by atoms with Crippen molar-refractivity contribution in [2.75, 3.05) is 5.32 Å². The van der Waals surface area contributed by atoms with Gasteiger partial charge in [-0.05, 0) is 38.5 Å². The lowest BCUT2D eigenvalue weighted by molar-refractivity contribution is -0.130. The van der Waals surface area contributed by atoms with Gasteiger partial charge in [-0.3, -0.25) is 4.79 Å². The highest BCUT2D eigenvalue weighted by Crippen LogP contribution is 2.34. The number of aliphatic hydroxyl groups excluding tert-OH is 1. The van der Waals surface area contributed by atoms with Gasteiger partial charge in [0.05, 0.1) is 11.5 Å². The van der Waals surface area contributed by atoms with Crippen LogP contribution in [0.15, 0.2) is 54.6 Å². The lowest BCUT2D eigenvalue weighted by Crippen LogP contribution is -2.36. The molecule has 21 heavy (non-hydrogen) atoms. The van der Waals surface area contributed by atoms with Gasteiger partial charge in [0, 0.05) is 5.69 Å². The largest absolute Gasteiger partial charge is 0.387 e. The third kappa shape index (κ3) is 3.50. The number of amides is 1. The maximum absolute atomic E-state index is 12.5. The van der Waals surface area contributed by atoms with Crippen LogP contribution in [-0.4, -0.2) is 11.0 Å². The molecule has 0 bridgehead atoms. The zero-order valence-electron chi connectivity index (χ0n) is 12.6. The number of nitrogens with one attached hydrogen (secondary N) is 1. The van der Waals surface area contributed by atoms with Gasteiger partial charge in [-0.25, -0.2) is 0 Å². The van der Waals surface area contributed by atoms with E-state index in [1.54, 1.807) is 13.8 Å². The first-order valence-corrected chi connectivity index (χ1v) is 7.02. The lowest BCUT2D eigenvalue weighted by Gasteiger charge is -2.29. The molecule has 1 amide bonds. The number of benzene rings is 2. The number of anilines is 1. The number of carbonyl (C=O) groups is 1. The highest BCUT2D eigenvalue weighted by atomic mass is 16.3. The van der Waals surface area contributed by atoms with Crippen LogP contribution < -0.4 is 5.32 Å². The van der Waals surface area contributed by atoms with Gasteiger partial charge >= 0.3 is 0 Å². The summed E-state index contributed by atoms with van der Waals surface area (Å²) in [6.07, 6.45) is -0.857. The Hall–Kier alpha value is -2.13. The van der Waals surface area contributed by atoms with E-state index in [1.807, 2.05) is 61.5 Å². The fourth-order valence-electron chi connectivity index (χ4n) is 2.11. The summed E-state index contributed by atoms with van der Waals surface area (Å²) in [6, 6.07) is 16.8. The summed E-state index contributed by atoms with van der Waals surface area (Å²) >= 11 is 0. The van der Waals surface area contributed by atoms with E-state index in [4.69, 9.17) is 0 Å². The Labute approximate surface area is 125 Å². The van der Waals surface area contributed by atoms with Crippen molar-refractivity contribution in [1.82, 2.24) is 0 Å². The van der Waals surface area contributed by atoms with E-state index in [-0.39, 0.29) is 5.91 Å². The van der Waals surface area contributed by atoms with Crippen molar-refractivity contribution in [2.24, 2.45) is 5.41 Å². The molecule has 0 aliphatic carbocycles. The number of hydrogen-bond donors (Lipinski definition) is 2. The van der Waals surface area contributed by atoms with Gasteiger partial charge < -0.3 is 10.4 Å². The highest BCUT2D eigenvalue weighted by molar-refractivity contribution is 5.95. The summed E-state index contributed by atoms with van der Waals surface area (Å²) in [6.45, 7) is 5.48. The predicted molar refractivity (Wildman–Crippen MR) is 85.0 cm³/mol. The smallest absolute Gasteiger partial charge is 0.233 e. The van der Waals surface area contributed by atoms with Crippen molar-refractivity contribution in [3.8, 4) is 0 Å². The number of aryl methyl sites for hydroxylation is 1. The van der Waals surface area contributed by atoms with Crippen molar-refractivity contribution < 1.29 is 9.90 Å². The zero-order valence-corrected chi connectivity index (χ0v) is 12.6. The first-order chi connectivity index (χ1) is 9.91. The van der Waals surface area contributed by atoms with Gasteiger partial charge in [0.2, 0.25) is 5.91 Å². The van der Waals surface area contributed by atoms with Crippen molar-refractivity contribution in [1.29, 1.82) is 0 Å². The van der Waals surface area contributed by atoms with E-state index in [2.05, 4.69) is 5.32 Å².